The first kappa shape index (κ1) is 18.3. The lowest BCUT2D eigenvalue weighted by atomic mass is 10.1. The van der Waals surface area contributed by atoms with Crippen LogP contribution in [0.2, 0.25) is 0 Å². The first-order chi connectivity index (χ1) is 7.97. The van der Waals surface area contributed by atoms with Crippen LogP contribution in [0.4, 0.5) is 0 Å². The summed E-state index contributed by atoms with van der Waals surface area (Å²) in [4.78, 5) is 21.7. The number of aliphatic carboxylic acids is 1. The Bertz CT molecular complexity index is 217. The minimum absolute atomic E-state index is 0.245. The lowest BCUT2D eigenvalue weighted by molar-refractivity contribution is -0.148. The van der Waals surface area contributed by atoms with E-state index in [0.717, 1.165) is 6.42 Å². The third-order valence-corrected chi connectivity index (χ3v) is 1.98. The molecule has 0 saturated carbocycles. The third-order valence-electron chi connectivity index (χ3n) is 1.98. The fraction of sp³-hybridized carbons (Fsp3) is 0.833. The van der Waals surface area contributed by atoms with Gasteiger partial charge in [-0.05, 0) is 18.9 Å². The minimum atomic E-state index is -1.01. The van der Waals surface area contributed by atoms with Gasteiger partial charge in [-0.2, -0.15) is 0 Å². The van der Waals surface area contributed by atoms with Gasteiger partial charge in [-0.3, -0.25) is 9.59 Å². The van der Waals surface area contributed by atoms with E-state index in [-0.39, 0.29) is 6.42 Å². The zero-order valence-electron chi connectivity index (χ0n) is 11.4. The maximum Gasteiger partial charge on any atom is 0.323 e. The Balaban J connectivity index is 0. The molecule has 0 rings (SSSR count). The molecule has 0 aliphatic heterocycles. The summed E-state index contributed by atoms with van der Waals surface area (Å²) in [6.45, 7) is 8.74. The Hall–Kier alpha value is -1.10. The maximum atomic E-state index is 11.2. The fourth-order valence-corrected chi connectivity index (χ4v) is 1.10. The first-order valence-electron chi connectivity index (χ1n) is 6.00. The van der Waals surface area contributed by atoms with Gasteiger partial charge < -0.3 is 15.2 Å². The largest absolute Gasteiger partial charge is 0.481 e. The van der Waals surface area contributed by atoms with E-state index in [2.05, 4.69) is 23.9 Å². The van der Waals surface area contributed by atoms with Crippen LogP contribution in [0.5, 0.6) is 0 Å². The molecule has 0 radical (unpaired) electrons. The molecule has 0 fully saturated rings. The molecule has 5 nitrogen and oxygen atoms in total. The molecule has 1 atom stereocenters. The van der Waals surface area contributed by atoms with Crippen molar-refractivity contribution in [2.24, 2.45) is 5.92 Å². The quantitative estimate of drug-likeness (QED) is 0.669. The smallest absolute Gasteiger partial charge is 0.323 e. The van der Waals surface area contributed by atoms with Crippen molar-refractivity contribution < 1.29 is 19.4 Å². The lowest BCUT2D eigenvalue weighted by Crippen LogP contribution is -2.40. The zero-order valence-corrected chi connectivity index (χ0v) is 11.4. The van der Waals surface area contributed by atoms with Crippen LogP contribution in [0.3, 0.4) is 0 Å². The molecule has 0 heterocycles. The van der Waals surface area contributed by atoms with Crippen molar-refractivity contribution in [3.05, 3.63) is 0 Å². The van der Waals surface area contributed by atoms with Gasteiger partial charge in [-0.25, -0.2) is 0 Å². The van der Waals surface area contributed by atoms with Crippen molar-refractivity contribution in [2.45, 2.75) is 46.6 Å². The van der Waals surface area contributed by atoms with Gasteiger partial charge in [-0.15, -0.1) is 0 Å². The molecule has 5 heteroatoms. The van der Waals surface area contributed by atoms with Crippen LogP contribution in [0, 0.1) is 5.92 Å². The number of hydrogen-bond acceptors (Lipinski definition) is 4. The number of ether oxygens (including phenoxy) is 1. The maximum absolute atomic E-state index is 11.2. The van der Waals surface area contributed by atoms with Gasteiger partial charge in [0, 0.05) is 0 Å². The summed E-state index contributed by atoms with van der Waals surface area (Å²) in [6.07, 6.45) is 0.651. The summed E-state index contributed by atoms with van der Waals surface area (Å²) in [6, 6.07) is -0.744. The lowest BCUT2D eigenvalue weighted by Gasteiger charge is -2.15. The number of hydrogen-bond donors (Lipinski definition) is 2. The Morgan fingerprint density at radius 2 is 1.82 bits per heavy atom. The van der Waals surface area contributed by atoms with Crippen molar-refractivity contribution >= 4 is 11.9 Å². The number of esters is 1. The summed E-state index contributed by atoms with van der Waals surface area (Å²) in [5, 5.41) is 11.5. The van der Waals surface area contributed by atoms with Crippen molar-refractivity contribution in [3.8, 4) is 0 Å². The van der Waals surface area contributed by atoms with Crippen molar-refractivity contribution in [2.75, 3.05) is 13.7 Å². The summed E-state index contributed by atoms with van der Waals surface area (Å²) in [5.74, 6) is -1.02. The molecule has 1 unspecified atom stereocenters. The van der Waals surface area contributed by atoms with Crippen LogP contribution >= 0.6 is 0 Å². The zero-order chi connectivity index (χ0) is 13.8. The molecule has 17 heavy (non-hydrogen) atoms. The van der Waals surface area contributed by atoms with E-state index in [1.54, 1.807) is 0 Å². The van der Waals surface area contributed by atoms with Crippen LogP contribution in [-0.2, 0) is 14.3 Å². The monoisotopic (exact) mass is 247 g/mol. The molecule has 0 aliphatic carbocycles. The molecule has 0 aromatic rings. The number of nitrogens with one attached hydrogen (secondary N) is 1. The Morgan fingerprint density at radius 3 is 2.18 bits per heavy atom. The van der Waals surface area contributed by atoms with Gasteiger partial charge in [0.15, 0.2) is 0 Å². The van der Waals surface area contributed by atoms with Gasteiger partial charge in [0.2, 0.25) is 0 Å². The topological polar surface area (TPSA) is 75.6 Å². The molecule has 0 saturated heterocycles. The molecule has 0 amide bonds. The normalized spacial score (nSPS) is 11.4. The second kappa shape index (κ2) is 11.4. The van der Waals surface area contributed by atoms with Gasteiger partial charge in [0.25, 0.3) is 0 Å². The Morgan fingerprint density at radius 1 is 1.29 bits per heavy atom. The van der Waals surface area contributed by atoms with Crippen LogP contribution < -0.4 is 5.32 Å². The highest BCUT2D eigenvalue weighted by atomic mass is 16.5. The molecule has 0 aliphatic rings. The molecule has 0 aromatic carbocycles. The highest BCUT2D eigenvalue weighted by Gasteiger charge is 2.21. The number of carboxylic acids is 1. The molecule has 2 N–H and O–H groups in total. The van der Waals surface area contributed by atoms with E-state index in [4.69, 9.17) is 5.11 Å². The van der Waals surface area contributed by atoms with E-state index in [9.17, 15) is 9.59 Å². The van der Waals surface area contributed by atoms with E-state index in [1.807, 2.05) is 13.8 Å². The standard InChI is InChI=1S/C10H19NO4.C2H6/c1-7(2)4-5-11-8(6-9(12)13)10(14)15-3;1-2/h7-8,11H,4-6H2,1-3H3,(H,12,13);1-2H3. The van der Waals surface area contributed by atoms with E-state index in [0.29, 0.717) is 12.5 Å². The number of methoxy groups -OCH3 is 1. The van der Waals surface area contributed by atoms with Crippen molar-refractivity contribution in [1.29, 1.82) is 0 Å². The number of carbonyl (C=O) groups is 2. The summed E-state index contributed by atoms with van der Waals surface area (Å²) in [5.41, 5.74) is 0. The van der Waals surface area contributed by atoms with Gasteiger partial charge in [0.1, 0.15) is 6.04 Å². The van der Waals surface area contributed by atoms with E-state index < -0.39 is 18.0 Å². The Labute approximate surface area is 104 Å². The molecular weight excluding hydrogens is 222 g/mol. The predicted octanol–water partition coefficient (Wildman–Crippen LogP) is 1.66. The Kier molecular flexibility index (Phi) is 12.2. The van der Waals surface area contributed by atoms with Gasteiger partial charge >= 0.3 is 11.9 Å². The predicted molar refractivity (Wildman–Crippen MR) is 66.9 cm³/mol. The average Bonchev–Trinajstić information content (AvgIpc) is 2.28. The highest BCUT2D eigenvalue weighted by molar-refractivity contribution is 5.81. The number of carboxylic acid groups (broad SMARTS) is 1. The molecule has 0 bridgehead atoms. The van der Waals surface area contributed by atoms with E-state index >= 15 is 0 Å². The first-order valence-corrected chi connectivity index (χ1v) is 6.00. The number of rotatable bonds is 7. The SMILES string of the molecule is CC.COC(=O)C(CC(=O)O)NCCC(C)C. The third kappa shape index (κ3) is 11.2. The van der Waals surface area contributed by atoms with Crippen LogP contribution in [0.15, 0.2) is 0 Å². The second-order valence-electron chi connectivity index (χ2n) is 3.81. The van der Waals surface area contributed by atoms with Crippen LogP contribution in [-0.4, -0.2) is 36.7 Å². The summed E-state index contributed by atoms with van der Waals surface area (Å²) < 4.78 is 4.51. The van der Waals surface area contributed by atoms with Gasteiger partial charge in [-0.1, -0.05) is 27.7 Å². The van der Waals surface area contributed by atoms with E-state index in [1.165, 1.54) is 7.11 Å². The second-order valence-corrected chi connectivity index (χ2v) is 3.81. The molecule has 102 valence electrons. The van der Waals surface area contributed by atoms with Crippen molar-refractivity contribution in [1.82, 2.24) is 5.32 Å². The van der Waals surface area contributed by atoms with Crippen LogP contribution in [0.1, 0.15) is 40.5 Å². The van der Waals surface area contributed by atoms with Gasteiger partial charge in [0.05, 0.1) is 13.5 Å². The fourth-order valence-electron chi connectivity index (χ4n) is 1.10. The molecule has 0 aromatic heterocycles. The highest BCUT2D eigenvalue weighted by Crippen LogP contribution is 2.00. The average molecular weight is 247 g/mol. The summed E-state index contributed by atoms with van der Waals surface area (Å²) in [7, 11) is 1.25. The van der Waals surface area contributed by atoms with Crippen molar-refractivity contribution in [3.63, 3.8) is 0 Å². The molecular formula is C12H25NO4. The molecule has 0 spiro atoms. The minimum Gasteiger partial charge on any atom is -0.481 e. The summed E-state index contributed by atoms with van der Waals surface area (Å²) >= 11 is 0. The number of carbonyl (C=O) groups excluding carboxylic acids is 1. The van der Waals surface area contributed by atoms with Crippen LogP contribution in [0.25, 0.3) is 0 Å².